The van der Waals surface area contributed by atoms with Gasteiger partial charge < -0.3 is 5.73 Å². The normalized spacial score (nSPS) is 28.2. The molecule has 15 heavy (non-hydrogen) atoms. The molecule has 1 aromatic rings. The van der Waals surface area contributed by atoms with Crippen molar-refractivity contribution in [3.8, 4) is 0 Å². The molecule has 0 bridgehead atoms. The maximum Gasteiger partial charge on any atom is 0.0554 e. The summed E-state index contributed by atoms with van der Waals surface area (Å²) in [6, 6.07) is 2.24. The molecule has 2 N–H and O–H groups in total. The minimum Gasteiger partial charge on any atom is -0.322 e. The molecule has 0 amide bonds. The van der Waals surface area contributed by atoms with E-state index in [9.17, 15) is 0 Å². The van der Waals surface area contributed by atoms with Crippen LogP contribution in [0.5, 0.6) is 0 Å². The first-order chi connectivity index (χ1) is 7.24. The molecule has 84 valence electrons. The minimum atomic E-state index is 0.171. The first-order valence-electron chi connectivity index (χ1n) is 6.01. The smallest absolute Gasteiger partial charge is 0.0554 e. The molecule has 0 aliphatic heterocycles. The maximum absolute atomic E-state index is 6.35. The summed E-state index contributed by atoms with van der Waals surface area (Å²) in [5, 5.41) is 4.29. The van der Waals surface area contributed by atoms with Gasteiger partial charge in [0.05, 0.1) is 5.69 Å². The lowest BCUT2D eigenvalue weighted by molar-refractivity contribution is 0.336. The highest BCUT2D eigenvalue weighted by Crippen LogP contribution is 2.38. The van der Waals surface area contributed by atoms with Crippen molar-refractivity contribution < 1.29 is 0 Å². The number of nitrogens with two attached hydrogens (primary N) is 1. The van der Waals surface area contributed by atoms with E-state index in [1.54, 1.807) is 0 Å². The Balaban J connectivity index is 2.16. The Morgan fingerprint density at radius 2 is 2.40 bits per heavy atom. The molecule has 1 aromatic heterocycles. The average Bonchev–Trinajstić information content (AvgIpc) is 2.84. The van der Waals surface area contributed by atoms with Gasteiger partial charge >= 0.3 is 0 Å². The predicted octanol–water partition coefficient (Wildman–Crippen LogP) is 2.34. The Labute approximate surface area is 91.7 Å². The van der Waals surface area contributed by atoms with Crippen LogP contribution in [0, 0.1) is 11.8 Å². The number of aryl methyl sites for hydroxylation is 1. The second-order valence-corrected chi connectivity index (χ2v) is 4.67. The third kappa shape index (κ3) is 1.93. The fraction of sp³-hybridized carbons (Fsp3) is 0.750. The van der Waals surface area contributed by atoms with Gasteiger partial charge in [-0.3, -0.25) is 4.68 Å². The molecule has 0 spiro atoms. The highest BCUT2D eigenvalue weighted by molar-refractivity contribution is 5.09. The lowest BCUT2D eigenvalue weighted by Crippen LogP contribution is -2.26. The standard InChI is InChI=1S/C12H21N3/c1-3-15-11(7-8-14-15)12(13)10-6-4-5-9(10)2/h7-10,12H,3-6,13H2,1-2H3. The Bertz CT molecular complexity index is 318. The summed E-state index contributed by atoms with van der Waals surface area (Å²) in [7, 11) is 0. The van der Waals surface area contributed by atoms with Gasteiger partial charge in [-0.05, 0) is 31.2 Å². The van der Waals surface area contributed by atoms with Crippen LogP contribution in [-0.4, -0.2) is 9.78 Å². The molecular formula is C12H21N3. The fourth-order valence-electron chi connectivity index (χ4n) is 2.82. The second-order valence-electron chi connectivity index (χ2n) is 4.67. The summed E-state index contributed by atoms with van der Waals surface area (Å²) in [5.74, 6) is 1.41. The molecule has 3 nitrogen and oxygen atoms in total. The monoisotopic (exact) mass is 207 g/mol. The Hall–Kier alpha value is -0.830. The number of nitrogens with zero attached hydrogens (tertiary/aromatic N) is 2. The summed E-state index contributed by atoms with van der Waals surface area (Å²) in [6.07, 6.45) is 5.80. The zero-order valence-corrected chi connectivity index (χ0v) is 9.69. The van der Waals surface area contributed by atoms with Crippen molar-refractivity contribution in [3.63, 3.8) is 0 Å². The van der Waals surface area contributed by atoms with Crippen LogP contribution in [0.2, 0.25) is 0 Å². The number of hydrogen-bond donors (Lipinski definition) is 1. The molecule has 0 saturated heterocycles. The molecule has 3 atom stereocenters. The van der Waals surface area contributed by atoms with Crippen LogP contribution in [-0.2, 0) is 6.54 Å². The zero-order chi connectivity index (χ0) is 10.8. The number of hydrogen-bond acceptors (Lipinski definition) is 2. The topological polar surface area (TPSA) is 43.8 Å². The lowest BCUT2D eigenvalue weighted by Gasteiger charge is -2.23. The van der Waals surface area contributed by atoms with E-state index in [4.69, 9.17) is 5.73 Å². The van der Waals surface area contributed by atoms with Crippen molar-refractivity contribution in [2.24, 2.45) is 17.6 Å². The minimum absolute atomic E-state index is 0.171. The fourth-order valence-corrected chi connectivity index (χ4v) is 2.82. The van der Waals surface area contributed by atoms with Crippen molar-refractivity contribution in [1.82, 2.24) is 9.78 Å². The number of rotatable bonds is 3. The molecule has 1 saturated carbocycles. The Morgan fingerprint density at radius 1 is 1.60 bits per heavy atom. The predicted molar refractivity (Wildman–Crippen MR) is 61.3 cm³/mol. The van der Waals surface area contributed by atoms with Gasteiger partial charge in [-0.25, -0.2) is 0 Å². The van der Waals surface area contributed by atoms with Crippen LogP contribution in [0.3, 0.4) is 0 Å². The van der Waals surface area contributed by atoms with Crippen LogP contribution in [0.4, 0.5) is 0 Å². The van der Waals surface area contributed by atoms with Crippen molar-refractivity contribution in [2.75, 3.05) is 0 Å². The van der Waals surface area contributed by atoms with Crippen molar-refractivity contribution >= 4 is 0 Å². The van der Waals surface area contributed by atoms with E-state index in [2.05, 4.69) is 25.0 Å². The quantitative estimate of drug-likeness (QED) is 0.826. The molecule has 1 heterocycles. The summed E-state index contributed by atoms with van der Waals surface area (Å²) in [6.45, 7) is 5.35. The van der Waals surface area contributed by atoms with Crippen LogP contribution in [0.25, 0.3) is 0 Å². The molecule has 1 aliphatic carbocycles. The summed E-state index contributed by atoms with van der Waals surface area (Å²) in [5.41, 5.74) is 7.56. The van der Waals surface area contributed by atoms with Crippen LogP contribution in [0.1, 0.15) is 44.8 Å². The van der Waals surface area contributed by atoms with Gasteiger partial charge in [0.2, 0.25) is 0 Å². The molecule has 1 aliphatic rings. The third-order valence-corrected chi connectivity index (χ3v) is 3.78. The van der Waals surface area contributed by atoms with Gasteiger partial charge in [-0.15, -0.1) is 0 Å². The summed E-state index contributed by atoms with van der Waals surface area (Å²) < 4.78 is 2.02. The van der Waals surface area contributed by atoms with Crippen LogP contribution in [0.15, 0.2) is 12.3 Å². The van der Waals surface area contributed by atoms with Crippen molar-refractivity contribution in [1.29, 1.82) is 0 Å². The second kappa shape index (κ2) is 4.35. The van der Waals surface area contributed by atoms with E-state index in [0.717, 1.165) is 12.5 Å². The Morgan fingerprint density at radius 3 is 3.00 bits per heavy atom. The first-order valence-corrected chi connectivity index (χ1v) is 6.01. The molecule has 1 fully saturated rings. The molecular weight excluding hydrogens is 186 g/mol. The van der Waals surface area contributed by atoms with Gasteiger partial charge in [0, 0.05) is 18.8 Å². The van der Waals surface area contributed by atoms with Crippen LogP contribution >= 0.6 is 0 Å². The lowest BCUT2D eigenvalue weighted by atomic mass is 9.89. The zero-order valence-electron chi connectivity index (χ0n) is 9.69. The van der Waals surface area contributed by atoms with Gasteiger partial charge in [0.25, 0.3) is 0 Å². The van der Waals surface area contributed by atoms with E-state index < -0.39 is 0 Å². The average molecular weight is 207 g/mol. The van der Waals surface area contributed by atoms with Crippen LogP contribution < -0.4 is 5.73 Å². The summed E-state index contributed by atoms with van der Waals surface area (Å²) in [4.78, 5) is 0. The van der Waals surface area contributed by atoms with Gasteiger partial charge in [0.15, 0.2) is 0 Å². The molecule has 3 heteroatoms. The maximum atomic E-state index is 6.35. The van der Waals surface area contributed by atoms with Gasteiger partial charge in [-0.1, -0.05) is 19.8 Å². The van der Waals surface area contributed by atoms with Crippen molar-refractivity contribution in [2.45, 2.75) is 45.7 Å². The largest absolute Gasteiger partial charge is 0.322 e. The molecule has 0 radical (unpaired) electrons. The van der Waals surface area contributed by atoms with E-state index in [0.29, 0.717) is 5.92 Å². The highest BCUT2D eigenvalue weighted by Gasteiger charge is 2.30. The van der Waals surface area contributed by atoms with E-state index in [1.165, 1.54) is 25.0 Å². The van der Waals surface area contributed by atoms with Gasteiger partial charge in [-0.2, -0.15) is 5.10 Å². The van der Waals surface area contributed by atoms with E-state index >= 15 is 0 Å². The Kier molecular flexibility index (Phi) is 3.10. The summed E-state index contributed by atoms with van der Waals surface area (Å²) >= 11 is 0. The number of aromatic nitrogens is 2. The SMILES string of the molecule is CCn1nccc1C(N)C1CCCC1C. The van der Waals surface area contributed by atoms with Gasteiger partial charge in [0.1, 0.15) is 0 Å². The highest BCUT2D eigenvalue weighted by atomic mass is 15.3. The van der Waals surface area contributed by atoms with E-state index in [1.807, 2.05) is 10.9 Å². The van der Waals surface area contributed by atoms with E-state index in [-0.39, 0.29) is 6.04 Å². The first kappa shape index (κ1) is 10.7. The molecule has 0 aromatic carbocycles. The molecule has 2 rings (SSSR count). The molecule has 3 unspecified atom stereocenters. The van der Waals surface area contributed by atoms with Crippen molar-refractivity contribution in [3.05, 3.63) is 18.0 Å². The third-order valence-electron chi connectivity index (χ3n) is 3.78.